The first-order valence-corrected chi connectivity index (χ1v) is 6.94. The number of rotatable bonds is 4. The molecule has 1 atom stereocenters. The van der Waals surface area contributed by atoms with E-state index in [9.17, 15) is 0 Å². The van der Waals surface area contributed by atoms with Gasteiger partial charge in [-0.3, -0.25) is 4.90 Å². The molecule has 1 saturated heterocycles. The second-order valence-electron chi connectivity index (χ2n) is 4.95. The van der Waals surface area contributed by atoms with Gasteiger partial charge in [-0.1, -0.05) is 6.92 Å². The van der Waals surface area contributed by atoms with Gasteiger partial charge in [0.05, 0.1) is 0 Å². The summed E-state index contributed by atoms with van der Waals surface area (Å²) in [7, 11) is 2.08. The molecule has 1 aromatic rings. The normalized spacial score (nSPS) is 20.3. The lowest BCUT2D eigenvalue weighted by atomic mass is 10.2. The largest absolute Gasteiger partial charge is 0.358 e. The first-order valence-electron chi connectivity index (χ1n) is 6.56. The third kappa shape index (κ3) is 2.93. The van der Waals surface area contributed by atoms with Gasteiger partial charge in [-0.2, -0.15) is 0 Å². The second kappa shape index (κ2) is 5.85. The Morgan fingerprint density at radius 3 is 3.06 bits per heavy atom. The maximum Gasteiger partial charge on any atom is 0.224 e. The summed E-state index contributed by atoms with van der Waals surface area (Å²) in [5.41, 5.74) is 1.07. The van der Waals surface area contributed by atoms with Crippen LogP contribution in [0, 0.1) is 6.92 Å². The highest BCUT2D eigenvalue weighted by atomic mass is 35.5. The fourth-order valence-electron chi connectivity index (χ4n) is 2.72. The van der Waals surface area contributed by atoms with Crippen LogP contribution in [0.5, 0.6) is 0 Å². The van der Waals surface area contributed by atoms with Crippen LogP contribution in [0.4, 0.5) is 5.82 Å². The zero-order valence-corrected chi connectivity index (χ0v) is 12.1. The number of aromatic nitrogens is 2. The molecule has 0 spiro atoms. The van der Waals surface area contributed by atoms with Gasteiger partial charge in [-0.05, 0) is 44.5 Å². The van der Waals surface area contributed by atoms with E-state index in [1.54, 1.807) is 6.20 Å². The van der Waals surface area contributed by atoms with E-state index in [-0.39, 0.29) is 0 Å². The topological polar surface area (TPSA) is 32.3 Å². The summed E-state index contributed by atoms with van der Waals surface area (Å²) in [5.74, 6) is 0.943. The summed E-state index contributed by atoms with van der Waals surface area (Å²) in [5, 5.41) is 0.321. The smallest absolute Gasteiger partial charge is 0.224 e. The molecule has 0 aliphatic carbocycles. The van der Waals surface area contributed by atoms with Gasteiger partial charge in [0.15, 0.2) is 0 Å². The zero-order valence-electron chi connectivity index (χ0n) is 11.4. The minimum atomic E-state index is 0.321. The van der Waals surface area contributed by atoms with Crippen molar-refractivity contribution in [2.75, 3.05) is 31.6 Å². The molecule has 2 heterocycles. The highest BCUT2D eigenvalue weighted by Gasteiger charge is 2.24. The van der Waals surface area contributed by atoms with Crippen LogP contribution in [0.2, 0.25) is 5.28 Å². The van der Waals surface area contributed by atoms with Gasteiger partial charge in [0.2, 0.25) is 5.28 Å². The van der Waals surface area contributed by atoms with Gasteiger partial charge in [-0.25, -0.2) is 9.97 Å². The van der Waals surface area contributed by atoms with Crippen LogP contribution in [0.15, 0.2) is 6.20 Å². The number of likely N-dealkylation sites (N-methyl/N-ethyl adjacent to an activating group) is 2. The number of hydrogen-bond donors (Lipinski definition) is 0. The average molecular weight is 269 g/mol. The number of halogens is 1. The Kier molecular flexibility index (Phi) is 4.40. The molecular formula is C13H21ClN4. The lowest BCUT2D eigenvalue weighted by Crippen LogP contribution is -2.39. The van der Waals surface area contributed by atoms with Crippen LogP contribution < -0.4 is 4.90 Å². The Labute approximate surface area is 114 Å². The van der Waals surface area contributed by atoms with Crippen molar-refractivity contribution in [2.45, 2.75) is 32.7 Å². The van der Waals surface area contributed by atoms with Crippen LogP contribution in [0.3, 0.4) is 0 Å². The molecule has 1 aliphatic rings. The molecule has 0 amide bonds. The minimum absolute atomic E-state index is 0.321. The maximum absolute atomic E-state index is 5.87. The quantitative estimate of drug-likeness (QED) is 0.785. The third-order valence-electron chi connectivity index (χ3n) is 3.67. The summed E-state index contributed by atoms with van der Waals surface area (Å²) in [6.45, 7) is 7.60. The van der Waals surface area contributed by atoms with Crippen molar-refractivity contribution in [2.24, 2.45) is 0 Å². The number of anilines is 1. The molecule has 5 heteroatoms. The molecular weight excluding hydrogens is 248 g/mol. The zero-order chi connectivity index (χ0) is 13.1. The lowest BCUT2D eigenvalue weighted by Gasteiger charge is -2.29. The second-order valence-corrected chi connectivity index (χ2v) is 5.29. The first kappa shape index (κ1) is 13.6. The Morgan fingerprint density at radius 2 is 2.33 bits per heavy atom. The molecule has 18 heavy (non-hydrogen) atoms. The number of aryl methyl sites for hydroxylation is 1. The molecule has 1 unspecified atom stereocenters. The Hall–Kier alpha value is -0.870. The summed E-state index contributed by atoms with van der Waals surface area (Å²) in [6, 6.07) is 0.633. The summed E-state index contributed by atoms with van der Waals surface area (Å²) in [6.07, 6.45) is 4.36. The molecule has 2 rings (SSSR count). The minimum Gasteiger partial charge on any atom is -0.358 e. The van der Waals surface area contributed by atoms with Crippen LogP contribution in [0.1, 0.15) is 25.3 Å². The van der Waals surface area contributed by atoms with Crippen molar-refractivity contribution >= 4 is 17.4 Å². The van der Waals surface area contributed by atoms with Gasteiger partial charge in [-0.15, -0.1) is 0 Å². The monoisotopic (exact) mass is 268 g/mol. The lowest BCUT2D eigenvalue weighted by molar-refractivity contribution is 0.270. The van der Waals surface area contributed by atoms with Crippen molar-refractivity contribution in [1.82, 2.24) is 14.9 Å². The molecule has 0 N–H and O–H groups in total. The van der Waals surface area contributed by atoms with Crippen molar-refractivity contribution in [1.29, 1.82) is 0 Å². The third-order valence-corrected chi connectivity index (χ3v) is 3.85. The van der Waals surface area contributed by atoms with E-state index in [0.717, 1.165) is 24.5 Å². The Balaban J connectivity index is 2.07. The van der Waals surface area contributed by atoms with E-state index in [1.807, 2.05) is 6.92 Å². The summed E-state index contributed by atoms with van der Waals surface area (Å²) < 4.78 is 0. The maximum atomic E-state index is 5.87. The van der Waals surface area contributed by atoms with Gasteiger partial charge >= 0.3 is 0 Å². The van der Waals surface area contributed by atoms with Crippen molar-refractivity contribution < 1.29 is 0 Å². The van der Waals surface area contributed by atoms with E-state index in [2.05, 4.69) is 33.7 Å². The van der Waals surface area contributed by atoms with Crippen LogP contribution in [-0.2, 0) is 0 Å². The summed E-state index contributed by atoms with van der Waals surface area (Å²) in [4.78, 5) is 13.1. The van der Waals surface area contributed by atoms with Gasteiger partial charge < -0.3 is 4.90 Å². The van der Waals surface area contributed by atoms with Crippen molar-refractivity contribution in [3.63, 3.8) is 0 Å². The fraction of sp³-hybridized carbons (Fsp3) is 0.692. The predicted molar refractivity (Wildman–Crippen MR) is 75.3 cm³/mol. The Bertz CT molecular complexity index is 410. The standard InChI is InChI=1S/C13H21ClN4/c1-4-18-7-5-6-11(18)9-17(3)12-10(2)8-15-13(14)16-12/h8,11H,4-7,9H2,1-3H3. The average Bonchev–Trinajstić information content (AvgIpc) is 2.79. The van der Waals surface area contributed by atoms with Gasteiger partial charge in [0.1, 0.15) is 5.82 Å². The molecule has 1 aliphatic heterocycles. The molecule has 0 bridgehead atoms. The molecule has 100 valence electrons. The highest BCUT2D eigenvalue weighted by molar-refractivity contribution is 6.28. The number of hydrogen-bond acceptors (Lipinski definition) is 4. The number of nitrogens with zero attached hydrogens (tertiary/aromatic N) is 4. The van der Waals surface area contributed by atoms with Gasteiger partial charge in [0.25, 0.3) is 0 Å². The van der Waals surface area contributed by atoms with Crippen molar-refractivity contribution in [3.8, 4) is 0 Å². The Morgan fingerprint density at radius 1 is 1.56 bits per heavy atom. The molecule has 0 saturated carbocycles. The molecule has 0 radical (unpaired) electrons. The van der Waals surface area contributed by atoms with E-state index >= 15 is 0 Å². The predicted octanol–water partition coefficient (Wildman–Crippen LogP) is 2.36. The van der Waals surface area contributed by atoms with Crippen LogP contribution >= 0.6 is 11.6 Å². The van der Waals surface area contributed by atoms with E-state index in [4.69, 9.17) is 11.6 Å². The molecule has 4 nitrogen and oxygen atoms in total. The van der Waals surface area contributed by atoms with Crippen LogP contribution in [-0.4, -0.2) is 47.6 Å². The summed E-state index contributed by atoms with van der Waals surface area (Å²) >= 11 is 5.87. The van der Waals surface area contributed by atoms with E-state index < -0.39 is 0 Å². The molecule has 1 fully saturated rings. The van der Waals surface area contributed by atoms with Gasteiger partial charge in [0, 0.05) is 31.4 Å². The molecule has 1 aromatic heterocycles. The van der Waals surface area contributed by atoms with Crippen LogP contribution in [0.25, 0.3) is 0 Å². The number of likely N-dealkylation sites (tertiary alicyclic amines) is 1. The SMILES string of the molecule is CCN1CCCC1CN(C)c1nc(Cl)ncc1C. The fourth-order valence-corrected chi connectivity index (χ4v) is 2.85. The van der Waals surface area contributed by atoms with Crippen molar-refractivity contribution in [3.05, 3.63) is 17.0 Å². The first-order chi connectivity index (χ1) is 8.61. The molecule has 0 aromatic carbocycles. The highest BCUT2D eigenvalue weighted by Crippen LogP contribution is 2.21. The van der Waals surface area contributed by atoms with E-state index in [1.165, 1.54) is 19.4 Å². The van der Waals surface area contributed by atoms with E-state index in [0.29, 0.717) is 11.3 Å².